The van der Waals surface area contributed by atoms with E-state index in [1.54, 1.807) is 0 Å². The van der Waals surface area contributed by atoms with Gasteiger partial charge in [-0.15, -0.1) is 6.58 Å². The first-order valence-corrected chi connectivity index (χ1v) is 6.96. The molecule has 2 heteroatoms. The maximum atomic E-state index is 4.77. The van der Waals surface area contributed by atoms with Crippen molar-refractivity contribution >= 4 is 0 Å². The quantitative estimate of drug-likeness (QED) is 0.652. The number of aromatic nitrogens is 2. The summed E-state index contributed by atoms with van der Waals surface area (Å²) in [7, 11) is 0. The Kier molecular flexibility index (Phi) is 3.88. The molecule has 0 N–H and O–H groups in total. The first-order valence-electron chi connectivity index (χ1n) is 6.96. The fraction of sp³-hybridized carbons (Fsp3) is 0.0526. The molecule has 21 heavy (non-hydrogen) atoms. The molecule has 0 fully saturated rings. The van der Waals surface area contributed by atoms with Crippen molar-refractivity contribution in [2.45, 2.75) is 6.42 Å². The molecule has 2 nitrogen and oxygen atoms in total. The van der Waals surface area contributed by atoms with Gasteiger partial charge in [0.2, 0.25) is 0 Å². The van der Waals surface area contributed by atoms with Crippen LogP contribution in [0.1, 0.15) is 5.56 Å². The summed E-state index contributed by atoms with van der Waals surface area (Å²) < 4.78 is 0. The van der Waals surface area contributed by atoms with Gasteiger partial charge in [-0.05, 0) is 6.42 Å². The standard InChI is InChI=1S/C19H16N2/c1-2-9-17-14-20-19(16-12-7-4-8-13-16)21-18(17)15-10-5-3-6-11-15/h2-8,10-14H,1,9H2. The molecule has 1 aromatic heterocycles. The van der Waals surface area contributed by atoms with E-state index in [1.807, 2.05) is 60.8 Å². The van der Waals surface area contributed by atoms with Gasteiger partial charge in [0.05, 0.1) is 5.69 Å². The van der Waals surface area contributed by atoms with E-state index in [0.717, 1.165) is 34.6 Å². The van der Waals surface area contributed by atoms with Gasteiger partial charge in [0.15, 0.2) is 5.82 Å². The molecule has 0 spiro atoms. The van der Waals surface area contributed by atoms with E-state index in [-0.39, 0.29) is 0 Å². The largest absolute Gasteiger partial charge is 0.236 e. The molecule has 3 rings (SSSR count). The average molecular weight is 272 g/mol. The van der Waals surface area contributed by atoms with Crippen molar-refractivity contribution in [3.05, 3.63) is 85.1 Å². The fourth-order valence-corrected chi connectivity index (χ4v) is 2.28. The van der Waals surface area contributed by atoms with Crippen LogP contribution in [-0.4, -0.2) is 9.97 Å². The third-order valence-electron chi connectivity index (χ3n) is 3.31. The minimum atomic E-state index is 0.752. The molecule has 0 radical (unpaired) electrons. The van der Waals surface area contributed by atoms with Crippen molar-refractivity contribution in [1.82, 2.24) is 9.97 Å². The first-order chi connectivity index (χ1) is 10.4. The summed E-state index contributed by atoms with van der Waals surface area (Å²) in [4.78, 5) is 9.27. The number of hydrogen-bond donors (Lipinski definition) is 0. The zero-order chi connectivity index (χ0) is 14.5. The molecule has 0 aliphatic heterocycles. The van der Waals surface area contributed by atoms with Crippen molar-refractivity contribution in [3.8, 4) is 22.6 Å². The molecule has 2 aromatic carbocycles. The average Bonchev–Trinajstić information content (AvgIpc) is 2.57. The minimum absolute atomic E-state index is 0.752. The smallest absolute Gasteiger partial charge is 0.159 e. The van der Waals surface area contributed by atoms with Gasteiger partial charge in [-0.1, -0.05) is 66.7 Å². The highest BCUT2D eigenvalue weighted by atomic mass is 14.9. The van der Waals surface area contributed by atoms with Crippen LogP contribution in [-0.2, 0) is 6.42 Å². The topological polar surface area (TPSA) is 25.8 Å². The summed E-state index contributed by atoms with van der Waals surface area (Å²) in [5.41, 5.74) is 4.20. The summed E-state index contributed by atoms with van der Waals surface area (Å²) in [5, 5.41) is 0. The van der Waals surface area contributed by atoms with Crippen LogP contribution in [0.5, 0.6) is 0 Å². The summed E-state index contributed by atoms with van der Waals surface area (Å²) in [5.74, 6) is 0.752. The van der Waals surface area contributed by atoms with E-state index >= 15 is 0 Å². The van der Waals surface area contributed by atoms with Gasteiger partial charge >= 0.3 is 0 Å². The van der Waals surface area contributed by atoms with Gasteiger partial charge < -0.3 is 0 Å². The van der Waals surface area contributed by atoms with Gasteiger partial charge in [0, 0.05) is 22.9 Å². The third-order valence-corrected chi connectivity index (χ3v) is 3.31. The highest BCUT2D eigenvalue weighted by Crippen LogP contribution is 2.24. The van der Waals surface area contributed by atoms with Crippen molar-refractivity contribution < 1.29 is 0 Å². The predicted molar refractivity (Wildman–Crippen MR) is 86.8 cm³/mol. The zero-order valence-corrected chi connectivity index (χ0v) is 11.7. The van der Waals surface area contributed by atoms with Crippen LogP contribution < -0.4 is 0 Å². The lowest BCUT2D eigenvalue weighted by atomic mass is 10.0. The van der Waals surface area contributed by atoms with Gasteiger partial charge in [0.1, 0.15) is 0 Å². The highest BCUT2D eigenvalue weighted by molar-refractivity contribution is 5.66. The normalized spacial score (nSPS) is 10.3. The Morgan fingerprint density at radius 2 is 1.48 bits per heavy atom. The number of allylic oxidation sites excluding steroid dienone is 1. The number of benzene rings is 2. The number of rotatable bonds is 4. The van der Waals surface area contributed by atoms with E-state index in [0.29, 0.717) is 0 Å². The lowest BCUT2D eigenvalue weighted by Gasteiger charge is -2.09. The van der Waals surface area contributed by atoms with Crippen LogP contribution in [0.4, 0.5) is 0 Å². The number of hydrogen-bond acceptors (Lipinski definition) is 2. The first kappa shape index (κ1) is 13.3. The Balaban J connectivity index is 2.13. The minimum Gasteiger partial charge on any atom is -0.236 e. The number of nitrogens with zero attached hydrogens (tertiary/aromatic N) is 2. The molecular weight excluding hydrogens is 256 g/mol. The summed E-state index contributed by atoms with van der Waals surface area (Å²) >= 11 is 0. The molecule has 0 unspecified atom stereocenters. The highest BCUT2D eigenvalue weighted by Gasteiger charge is 2.09. The molecule has 0 saturated carbocycles. The molecule has 3 aromatic rings. The maximum absolute atomic E-state index is 4.77. The van der Waals surface area contributed by atoms with Gasteiger partial charge in [0.25, 0.3) is 0 Å². The zero-order valence-electron chi connectivity index (χ0n) is 11.7. The Morgan fingerprint density at radius 3 is 2.10 bits per heavy atom. The third kappa shape index (κ3) is 2.90. The Bertz CT molecular complexity index is 734. The predicted octanol–water partition coefficient (Wildman–Crippen LogP) is 4.54. The van der Waals surface area contributed by atoms with E-state index in [9.17, 15) is 0 Å². The Hall–Kier alpha value is -2.74. The molecule has 0 aliphatic rings. The lowest BCUT2D eigenvalue weighted by molar-refractivity contribution is 1.11. The van der Waals surface area contributed by atoms with E-state index in [4.69, 9.17) is 4.98 Å². The fourth-order valence-electron chi connectivity index (χ4n) is 2.28. The lowest BCUT2D eigenvalue weighted by Crippen LogP contribution is -1.97. The SMILES string of the molecule is C=CCc1cnc(-c2ccccc2)nc1-c1ccccc1. The van der Waals surface area contributed by atoms with Gasteiger partial charge in [-0.25, -0.2) is 9.97 Å². The second kappa shape index (κ2) is 6.14. The molecule has 102 valence electrons. The Labute approximate surface area is 124 Å². The molecular formula is C19H16N2. The summed E-state index contributed by atoms with van der Waals surface area (Å²) in [6.45, 7) is 3.82. The van der Waals surface area contributed by atoms with Gasteiger partial charge in [-0.2, -0.15) is 0 Å². The van der Waals surface area contributed by atoms with Gasteiger partial charge in [-0.3, -0.25) is 0 Å². The molecule has 0 amide bonds. The van der Waals surface area contributed by atoms with E-state index in [2.05, 4.69) is 23.7 Å². The van der Waals surface area contributed by atoms with Crippen LogP contribution in [0.25, 0.3) is 22.6 Å². The van der Waals surface area contributed by atoms with E-state index in [1.165, 1.54) is 0 Å². The molecule has 0 bridgehead atoms. The molecule has 0 saturated heterocycles. The van der Waals surface area contributed by atoms with Crippen molar-refractivity contribution in [1.29, 1.82) is 0 Å². The summed E-state index contributed by atoms with van der Waals surface area (Å²) in [6.07, 6.45) is 4.55. The van der Waals surface area contributed by atoms with Crippen LogP contribution in [0.3, 0.4) is 0 Å². The maximum Gasteiger partial charge on any atom is 0.159 e. The Morgan fingerprint density at radius 1 is 0.857 bits per heavy atom. The second-order valence-electron chi connectivity index (χ2n) is 4.79. The second-order valence-corrected chi connectivity index (χ2v) is 4.79. The van der Waals surface area contributed by atoms with Crippen LogP contribution >= 0.6 is 0 Å². The van der Waals surface area contributed by atoms with Crippen molar-refractivity contribution in [3.63, 3.8) is 0 Å². The van der Waals surface area contributed by atoms with Crippen LogP contribution in [0, 0.1) is 0 Å². The van der Waals surface area contributed by atoms with E-state index < -0.39 is 0 Å². The molecule has 0 atom stereocenters. The monoisotopic (exact) mass is 272 g/mol. The van der Waals surface area contributed by atoms with Crippen molar-refractivity contribution in [2.75, 3.05) is 0 Å². The van der Waals surface area contributed by atoms with Crippen molar-refractivity contribution in [2.24, 2.45) is 0 Å². The molecule has 0 aliphatic carbocycles. The van der Waals surface area contributed by atoms with Crippen LogP contribution in [0.15, 0.2) is 79.5 Å². The van der Waals surface area contributed by atoms with Crippen LogP contribution in [0.2, 0.25) is 0 Å². The molecule has 1 heterocycles. The summed E-state index contributed by atoms with van der Waals surface area (Å²) in [6, 6.07) is 20.2.